The number of anilines is 2. The first-order chi connectivity index (χ1) is 15.5. The summed E-state index contributed by atoms with van der Waals surface area (Å²) >= 11 is 0. The van der Waals surface area contributed by atoms with E-state index in [4.69, 9.17) is 4.74 Å². The van der Waals surface area contributed by atoms with Gasteiger partial charge in [-0.15, -0.1) is 0 Å². The first kappa shape index (κ1) is 20.3. The summed E-state index contributed by atoms with van der Waals surface area (Å²) in [7, 11) is 0. The van der Waals surface area contributed by atoms with Gasteiger partial charge >= 0.3 is 0 Å². The minimum atomic E-state index is -0.472. The van der Waals surface area contributed by atoms with Gasteiger partial charge < -0.3 is 15.0 Å². The molecule has 0 unspecified atom stereocenters. The Bertz CT molecular complexity index is 1160. The molecular weight excluding hydrogens is 400 g/mol. The van der Waals surface area contributed by atoms with Gasteiger partial charge in [0.2, 0.25) is 11.8 Å². The van der Waals surface area contributed by atoms with Crippen LogP contribution in [0.25, 0.3) is 0 Å². The third-order valence-corrected chi connectivity index (χ3v) is 6.17. The quantitative estimate of drug-likeness (QED) is 0.602. The highest BCUT2D eigenvalue weighted by atomic mass is 16.5. The Morgan fingerprint density at radius 2 is 1.62 bits per heavy atom. The molecule has 0 aliphatic carbocycles. The van der Waals surface area contributed by atoms with Crippen molar-refractivity contribution >= 4 is 23.2 Å². The van der Waals surface area contributed by atoms with E-state index in [2.05, 4.69) is 5.32 Å². The lowest BCUT2D eigenvalue weighted by molar-refractivity contribution is -0.121. The van der Waals surface area contributed by atoms with Crippen LogP contribution in [0.4, 0.5) is 11.4 Å². The highest BCUT2D eigenvalue weighted by Gasteiger charge is 2.33. The molecule has 0 saturated heterocycles. The summed E-state index contributed by atoms with van der Waals surface area (Å²) in [5.74, 6) is 0.846. The fourth-order valence-corrected chi connectivity index (χ4v) is 4.60. The second-order valence-electron chi connectivity index (χ2n) is 8.69. The Labute approximate surface area is 188 Å². The van der Waals surface area contributed by atoms with Gasteiger partial charge in [-0.2, -0.15) is 0 Å². The van der Waals surface area contributed by atoms with Crippen LogP contribution in [0.5, 0.6) is 11.5 Å². The molecule has 2 amide bonds. The van der Waals surface area contributed by atoms with E-state index < -0.39 is 5.92 Å². The summed E-state index contributed by atoms with van der Waals surface area (Å²) in [4.78, 5) is 28.1. The number of para-hydroxylation sites is 2. The Balaban J connectivity index is 1.48. The zero-order valence-corrected chi connectivity index (χ0v) is 18.3. The Hall–Kier alpha value is -3.60. The first-order valence-corrected chi connectivity index (χ1v) is 11.1. The van der Waals surface area contributed by atoms with Gasteiger partial charge in [-0.3, -0.25) is 9.59 Å². The Morgan fingerprint density at radius 1 is 0.969 bits per heavy atom. The van der Waals surface area contributed by atoms with Crippen molar-refractivity contribution in [2.45, 2.75) is 32.6 Å². The molecule has 3 aromatic rings. The van der Waals surface area contributed by atoms with Crippen molar-refractivity contribution in [3.8, 4) is 11.5 Å². The first-order valence-electron chi connectivity index (χ1n) is 11.1. The Kier molecular flexibility index (Phi) is 5.17. The van der Waals surface area contributed by atoms with Crippen molar-refractivity contribution in [3.05, 3.63) is 83.4 Å². The molecule has 2 aliphatic rings. The molecule has 32 heavy (non-hydrogen) atoms. The van der Waals surface area contributed by atoms with Gasteiger partial charge in [-0.1, -0.05) is 56.3 Å². The largest absolute Gasteiger partial charge is 0.457 e. The number of amides is 2. The van der Waals surface area contributed by atoms with Crippen LogP contribution >= 0.6 is 0 Å². The summed E-state index contributed by atoms with van der Waals surface area (Å²) in [5.41, 5.74) is 4.43. The molecule has 5 rings (SSSR count). The number of ether oxygens (including phenoxy) is 1. The summed E-state index contributed by atoms with van der Waals surface area (Å²) in [6, 6.07) is 21.2. The molecule has 1 N–H and O–H groups in total. The average Bonchev–Trinajstić information content (AvgIpc) is 2.81. The predicted octanol–water partition coefficient (Wildman–Crippen LogP) is 5.50. The standard InChI is InChI=1S/C27H26N2O3/c1-17(2)27(31)29-15-7-8-18-13-14-19(16-22(18)29)28-26(30)25-20-9-3-5-11-23(20)32-24-12-6-4-10-21(24)25/h3-6,9-14,16-17,25H,7-8,15H2,1-2H3,(H,28,30). The number of carbonyl (C=O) groups excluding carboxylic acids is 2. The molecule has 2 aliphatic heterocycles. The average molecular weight is 427 g/mol. The number of nitrogens with zero attached hydrogens (tertiary/aromatic N) is 1. The number of hydrogen-bond acceptors (Lipinski definition) is 3. The van der Waals surface area contributed by atoms with Gasteiger partial charge in [-0.25, -0.2) is 0 Å². The molecule has 5 nitrogen and oxygen atoms in total. The number of fused-ring (bicyclic) bond motifs is 3. The van der Waals surface area contributed by atoms with E-state index in [1.165, 1.54) is 0 Å². The molecule has 162 valence electrons. The lowest BCUT2D eigenvalue weighted by Gasteiger charge is -2.31. The van der Waals surface area contributed by atoms with Crippen LogP contribution in [0.1, 0.15) is 42.9 Å². The number of hydrogen-bond donors (Lipinski definition) is 1. The van der Waals surface area contributed by atoms with E-state index in [0.29, 0.717) is 23.7 Å². The Morgan fingerprint density at radius 3 is 2.28 bits per heavy atom. The van der Waals surface area contributed by atoms with Crippen LogP contribution in [0.15, 0.2) is 66.7 Å². The summed E-state index contributed by atoms with van der Waals surface area (Å²) in [6.07, 6.45) is 1.89. The maximum Gasteiger partial charge on any atom is 0.236 e. The third kappa shape index (κ3) is 3.54. The summed E-state index contributed by atoms with van der Waals surface area (Å²) in [6.45, 7) is 4.55. The molecule has 3 aromatic carbocycles. The van der Waals surface area contributed by atoms with Gasteiger partial charge in [0, 0.05) is 35.0 Å². The molecule has 0 atom stereocenters. The number of aryl methyl sites for hydroxylation is 1. The SMILES string of the molecule is CC(C)C(=O)N1CCCc2ccc(NC(=O)C3c4ccccc4Oc4ccccc43)cc21. The topological polar surface area (TPSA) is 58.6 Å². The number of rotatable bonds is 3. The van der Waals surface area contributed by atoms with Gasteiger partial charge in [0.25, 0.3) is 0 Å². The van der Waals surface area contributed by atoms with Gasteiger partial charge in [0.05, 0.1) is 5.92 Å². The lowest BCUT2D eigenvalue weighted by Crippen LogP contribution is -2.38. The maximum absolute atomic E-state index is 13.5. The third-order valence-electron chi connectivity index (χ3n) is 6.17. The number of benzene rings is 3. The van der Waals surface area contributed by atoms with Crippen LogP contribution in [0.2, 0.25) is 0 Å². The zero-order chi connectivity index (χ0) is 22.2. The fourth-order valence-electron chi connectivity index (χ4n) is 4.60. The normalized spacial score (nSPS) is 14.8. The van der Waals surface area contributed by atoms with Gasteiger partial charge in [0.1, 0.15) is 11.5 Å². The van der Waals surface area contributed by atoms with E-state index >= 15 is 0 Å². The van der Waals surface area contributed by atoms with E-state index in [-0.39, 0.29) is 17.7 Å². The van der Waals surface area contributed by atoms with Crippen LogP contribution in [0, 0.1) is 5.92 Å². The van der Waals surface area contributed by atoms with Crippen molar-refractivity contribution in [3.63, 3.8) is 0 Å². The van der Waals surface area contributed by atoms with Crippen LogP contribution in [0.3, 0.4) is 0 Å². The molecule has 0 aromatic heterocycles. The molecule has 2 heterocycles. The highest BCUT2D eigenvalue weighted by Crippen LogP contribution is 2.44. The lowest BCUT2D eigenvalue weighted by atomic mass is 9.87. The highest BCUT2D eigenvalue weighted by molar-refractivity contribution is 6.01. The second-order valence-corrected chi connectivity index (χ2v) is 8.69. The molecule has 0 spiro atoms. The summed E-state index contributed by atoms with van der Waals surface area (Å²) < 4.78 is 6.02. The van der Waals surface area contributed by atoms with E-state index in [1.807, 2.05) is 85.5 Å². The molecule has 0 saturated carbocycles. The van der Waals surface area contributed by atoms with Crippen molar-refractivity contribution in [1.82, 2.24) is 0 Å². The molecule has 5 heteroatoms. The van der Waals surface area contributed by atoms with E-state index in [9.17, 15) is 9.59 Å². The van der Waals surface area contributed by atoms with Crippen molar-refractivity contribution < 1.29 is 14.3 Å². The molecular formula is C27H26N2O3. The maximum atomic E-state index is 13.5. The van der Waals surface area contributed by atoms with Gasteiger partial charge in [0.15, 0.2) is 0 Å². The monoisotopic (exact) mass is 426 g/mol. The number of nitrogens with one attached hydrogen (secondary N) is 1. The predicted molar refractivity (Wildman–Crippen MR) is 125 cm³/mol. The van der Waals surface area contributed by atoms with Crippen LogP contribution in [-0.2, 0) is 16.0 Å². The molecule has 0 fully saturated rings. The van der Waals surface area contributed by atoms with E-state index in [1.54, 1.807) is 0 Å². The van der Waals surface area contributed by atoms with Crippen molar-refractivity contribution in [1.29, 1.82) is 0 Å². The van der Waals surface area contributed by atoms with Crippen LogP contribution < -0.4 is 15.0 Å². The second kappa shape index (κ2) is 8.15. The number of carbonyl (C=O) groups is 2. The molecule has 0 radical (unpaired) electrons. The smallest absolute Gasteiger partial charge is 0.236 e. The minimum absolute atomic E-state index is 0.0746. The summed E-state index contributed by atoms with van der Waals surface area (Å²) in [5, 5.41) is 3.10. The minimum Gasteiger partial charge on any atom is -0.457 e. The van der Waals surface area contributed by atoms with Gasteiger partial charge in [-0.05, 0) is 42.7 Å². The fraction of sp³-hybridized carbons (Fsp3) is 0.259. The van der Waals surface area contributed by atoms with Crippen molar-refractivity contribution in [2.75, 3.05) is 16.8 Å². The molecule has 0 bridgehead atoms. The van der Waals surface area contributed by atoms with Crippen LogP contribution in [-0.4, -0.2) is 18.4 Å². The van der Waals surface area contributed by atoms with Crippen molar-refractivity contribution in [2.24, 2.45) is 5.92 Å². The van der Waals surface area contributed by atoms with E-state index in [0.717, 1.165) is 35.2 Å². The zero-order valence-electron chi connectivity index (χ0n) is 18.3.